The zero-order valence-electron chi connectivity index (χ0n) is 30.6. The standard InChI is InChI=1S/C36H48N8O10S/c45-23-26-6-8-37-31(28(26)24-46)25-55-36-39-29-5-4-27(18-30(29)40-36)54-17-3-1-2-7-38-32(47)19-41-9-11-42(20-33(48)49)13-15-44(22-35(52)53)16-14-43(12-10-41)21-34(50)51/h4-6,8,18,23-24H,1-3,7,9-17,19-22,25H2,(H,38,47)(H,39,40)(H,48,49)(H,50,51)(H,52,53). The third-order valence-electron chi connectivity index (χ3n) is 8.92. The number of nitrogens with zero attached hydrogens (tertiary/aromatic N) is 6. The lowest BCUT2D eigenvalue weighted by molar-refractivity contribution is -0.140. The Balaban J connectivity index is 1.19. The molecule has 4 rings (SSSR count). The SMILES string of the molecule is O=Cc1ccnc(CSc2nc3cc(OCCCCCNC(=O)CN4CCN(CC(=O)O)CCN(CC(=O)O)CCN(CC(=O)O)CC4)ccc3[nH]2)c1C=O. The first-order chi connectivity index (χ1) is 26.5. The van der Waals surface area contributed by atoms with Crippen molar-refractivity contribution in [2.45, 2.75) is 30.2 Å². The van der Waals surface area contributed by atoms with Crippen LogP contribution >= 0.6 is 11.8 Å². The number of carboxylic acids is 3. The summed E-state index contributed by atoms with van der Waals surface area (Å²) < 4.78 is 5.94. The summed E-state index contributed by atoms with van der Waals surface area (Å²) in [6, 6.07) is 7.07. The molecule has 0 spiro atoms. The molecule has 3 heterocycles. The molecule has 1 fully saturated rings. The number of ether oxygens (including phenoxy) is 1. The van der Waals surface area contributed by atoms with Gasteiger partial charge in [-0.2, -0.15) is 0 Å². The number of thioether (sulfide) groups is 1. The maximum Gasteiger partial charge on any atom is 0.317 e. The molecule has 1 amide bonds. The average molecular weight is 785 g/mol. The van der Waals surface area contributed by atoms with Crippen LogP contribution in [-0.4, -0.2) is 178 Å². The lowest BCUT2D eigenvalue weighted by atomic mass is 10.1. The first-order valence-electron chi connectivity index (χ1n) is 18.0. The van der Waals surface area contributed by atoms with Crippen LogP contribution in [0, 0.1) is 0 Å². The molecule has 55 heavy (non-hydrogen) atoms. The molecule has 18 nitrogen and oxygen atoms in total. The predicted molar refractivity (Wildman–Crippen MR) is 202 cm³/mol. The Kier molecular flexibility index (Phi) is 17.5. The van der Waals surface area contributed by atoms with Crippen LogP contribution in [0.3, 0.4) is 0 Å². The van der Waals surface area contributed by atoms with Gasteiger partial charge in [0.25, 0.3) is 0 Å². The molecule has 19 heteroatoms. The number of pyridine rings is 1. The van der Waals surface area contributed by atoms with Crippen molar-refractivity contribution in [1.29, 1.82) is 0 Å². The van der Waals surface area contributed by atoms with Crippen LogP contribution < -0.4 is 10.1 Å². The number of aliphatic carboxylic acids is 3. The zero-order chi connectivity index (χ0) is 39.6. The van der Waals surface area contributed by atoms with Gasteiger partial charge >= 0.3 is 17.9 Å². The summed E-state index contributed by atoms with van der Waals surface area (Å²) in [4.78, 5) is 89.1. The number of fused-ring (bicyclic) bond motifs is 1. The molecule has 5 N–H and O–H groups in total. The van der Waals surface area contributed by atoms with E-state index in [0.717, 1.165) is 30.3 Å². The van der Waals surface area contributed by atoms with E-state index in [0.29, 0.717) is 106 Å². The van der Waals surface area contributed by atoms with E-state index in [1.54, 1.807) is 14.7 Å². The van der Waals surface area contributed by atoms with Gasteiger partial charge in [-0.15, -0.1) is 0 Å². The third kappa shape index (κ3) is 15.0. The minimum absolute atomic E-state index is 0.0655. The topological polar surface area (TPSA) is 239 Å². The molecule has 0 bridgehead atoms. The number of benzene rings is 1. The molecule has 0 radical (unpaired) electrons. The summed E-state index contributed by atoms with van der Waals surface area (Å²) in [7, 11) is 0. The fourth-order valence-electron chi connectivity index (χ4n) is 6.01. The number of amides is 1. The van der Waals surface area contributed by atoms with Crippen LogP contribution in [-0.2, 0) is 24.9 Å². The minimum Gasteiger partial charge on any atom is -0.494 e. The Morgan fingerprint density at radius 3 is 1.91 bits per heavy atom. The Morgan fingerprint density at radius 2 is 1.36 bits per heavy atom. The number of aromatic amines is 1. The number of hydrogen-bond donors (Lipinski definition) is 5. The first-order valence-corrected chi connectivity index (χ1v) is 19.0. The van der Waals surface area contributed by atoms with Crippen LogP contribution in [0.4, 0.5) is 0 Å². The molecule has 298 valence electrons. The largest absolute Gasteiger partial charge is 0.494 e. The maximum absolute atomic E-state index is 12.9. The third-order valence-corrected chi connectivity index (χ3v) is 9.80. The van der Waals surface area contributed by atoms with Gasteiger partial charge in [-0.1, -0.05) is 11.8 Å². The molecule has 0 aliphatic carbocycles. The number of H-pyrrole nitrogens is 1. The van der Waals surface area contributed by atoms with Gasteiger partial charge in [0.05, 0.1) is 49.5 Å². The second kappa shape index (κ2) is 22.4. The van der Waals surface area contributed by atoms with Gasteiger partial charge in [-0.25, -0.2) is 4.98 Å². The van der Waals surface area contributed by atoms with Crippen molar-refractivity contribution in [3.63, 3.8) is 0 Å². The number of nitrogens with one attached hydrogen (secondary N) is 2. The Bertz CT molecular complexity index is 1740. The Hall–Kier alpha value is -4.95. The van der Waals surface area contributed by atoms with Gasteiger partial charge in [0.15, 0.2) is 17.7 Å². The van der Waals surface area contributed by atoms with Crippen molar-refractivity contribution >= 4 is 59.2 Å². The van der Waals surface area contributed by atoms with Crippen molar-refractivity contribution < 1.29 is 48.8 Å². The number of imidazole rings is 1. The number of carbonyl (C=O) groups is 6. The number of carbonyl (C=O) groups excluding carboxylic acids is 3. The Morgan fingerprint density at radius 1 is 0.782 bits per heavy atom. The van der Waals surface area contributed by atoms with Crippen molar-refractivity contribution in [1.82, 2.24) is 39.9 Å². The van der Waals surface area contributed by atoms with Gasteiger partial charge in [0.2, 0.25) is 5.91 Å². The van der Waals surface area contributed by atoms with Crippen molar-refractivity contribution in [3.8, 4) is 5.75 Å². The fourth-order valence-corrected chi connectivity index (χ4v) is 6.86. The summed E-state index contributed by atoms with van der Waals surface area (Å²) in [5, 5.41) is 31.7. The number of aromatic nitrogens is 3. The molecule has 1 aromatic carbocycles. The summed E-state index contributed by atoms with van der Waals surface area (Å²) >= 11 is 1.37. The molecule has 0 unspecified atom stereocenters. The molecular formula is C36H48N8O10S. The monoisotopic (exact) mass is 784 g/mol. The van der Waals surface area contributed by atoms with Gasteiger partial charge in [0.1, 0.15) is 5.75 Å². The van der Waals surface area contributed by atoms with E-state index in [2.05, 4.69) is 20.3 Å². The number of aldehydes is 2. The number of hydrogen-bond acceptors (Lipinski definition) is 14. The second-order valence-corrected chi connectivity index (χ2v) is 14.0. The summed E-state index contributed by atoms with van der Waals surface area (Å²) in [5.41, 5.74) is 2.62. The Labute approximate surface area is 322 Å². The summed E-state index contributed by atoms with van der Waals surface area (Å²) in [6.07, 6.45) is 5.07. The predicted octanol–water partition coefficient (Wildman–Crippen LogP) is 1.02. The second-order valence-electron chi connectivity index (χ2n) is 13.1. The summed E-state index contributed by atoms with van der Waals surface area (Å²) in [6.45, 7) is 2.96. The molecule has 1 aliphatic heterocycles. The van der Waals surface area contributed by atoms with E-state index < -0.39 is 17.9 Å². The highest BCUT2D eigenvalue weighted by atomic mass is 32.2. The van der Waals surface area contributed by atoms with E-state index in [1.807, 2.05) is 23.1 Å². The molecule has 0 atom stereocenters. The first kappa shape index (κ1) is 42.8. The van der Waals surface area contributed by atoms with E-state index in [9.17, 15) is 44.1 Å². The van der Waals surface area contributed by atoms with E-state index in [1.165, 1.54) is 24.0 Å². The maximum atomic E-state index is 12.9. The highest BCUT2D eigenvalue weighted by Gasteiger charge is 2.21. The van der Waals surface area contributed by atoms with E-state index in [4.69, 9.17) is 4.74 Å². The fraction of sp³-hybridized carbons (Fsp3) is 0.500. The number of unbranched alkanes of at least 4 members (excludes halogenated alkanes) is 2. The van der Waals surface area contributed by atoms with Crippen LogP contribution in [0.25, 0.3) is 11.0 Å². The highest BCUT2D eigenvalue weighted by Crippen LogP contribution is 2.26. The van der Waals surface area contributed by atoms with Gasteiger partial charge in [-0.3, -0.25) is 53.4 Å². The summed E-state index contributed by atoms with van der Waals surface area (Å²) in [5.74, 6) is -2.20. The molecule has 0 saturated carbocycles. The van der Waals surface area contributed by atoms with Crippen molar-refractivity contribution in [3.05, 3.63) is 47.3 Å². The van der Waals surface area contributed by atoms with Crippen LogP contribution in [0.15, 0.2) is 35.6 Å². The molecule has 2 aromatic heterocycles. The zero-order valence-corrected chi connectivity index (χ0v) is 31.4. The van der Waals surface area contributed by atoms with Crippen molar-refractivity contribution in [2.75, 3.05) is 91.7 Å². The van der Waals surface area contributed by atoms with E-state index >= 15 is 0 Å². The van der Waals surface area contributed by atoms with Gasteiger partial charge in [0, 0.05) is 88.0 Å². The molecular weight excluding hydrogens is 737 g/mol. The quantitative estimate of drug-likeness (QED) is 0.0611. The lowest BCUT2D eigenvalue weighted by Crippen LogP contribution is -2.49. The lowest BCUT2D eigenvalue weighted by Gasteiger charge is -2.32. The highest BCUT2D eigenvalue weighted by molar-refractivity contribution is 7.98. The van der Waals surface area contributed by atoms with Gasteiger partial charge in [-0.05, 0) is 37.5 Å². The average Bonchev–Trinajstić information content (AvgIpc) is 3.56. The molecule has 1 saturated heterocycles. The molecule has 3 aromatic rings. The van der Waals surface area contributed by atoms with Crippen LogP contribution in [0.2, 0.25) is 0 Å². The van der Waals surface area contributed by atoms with Crippen molar-refractivity contribution in [2.24, 2.45) is 0 Å². The molecule has 1 aliphatic rings. The normalized spacial score (nSPS) is 15.5. The smallest absolute Gasteiger partial charge is 0.317 e. The number of carboxylic acid groups (broad SMARTS) is 3. The van der Waals surface area contributed by atoms with Gasteiger partial charge < -0.3 is 30.4 Å². The van der Waals surface area contributed by atoms with E-state index in [-0.39, 0.29) is 37.6 Å². The van der Waals surface area contributed by atoms with Crippen LogP contribution in [0.5, 0.6) is 5.75 Å². The van der Waals surface area contributed by atoms with Crippen LogP contribution in [0.1, 0.15) is 45.7 Å². The number of rotatable bonds is 20. The minimum atomic E-state index is -1.02.